The zero-order valence-electron chi connectivity index (χ0n) is 34.2. The molecule has 0 unspecified atom stereocenters. The molecule has 294 valence electrons. The predicted octanol–water partition coefficient (Wildman–Crippen LogP) is 16.9. The molecule has 63 heavy (non-hydrogen) atoms. The summed E-state index contributed by atoms with van der Waals surface area (Å²) >= 11 is 1.87. The Balaban J connectivity index is 0.872. The van der Waals surface area contributed by atoms with Gasteiger partial charge in [0.1, 0.15) is 0 Å². The van der Waals surface area contributed by atoms with Crippen LogP contribution in [0, 0.1) is 0 Å². The van der Waals surface area contributed by atoms with Crippen molar-refractivity contribution in [1.82, 2.24) is 9.13 Å². The minimum Gasteiger partial charge on any atom is -0.309 e. The minimum atomic E-state index is 1.14. The quantitative estimate of drug-likeness (QED) is 0.158. The van der Waals surface area contributed by atoms with Crippen molar-refractivity contribution in [2.75, 3.05) is 0 Å². The summed E-state index contributed by atoms with van der Waals surface area (Å²) in [5, 5.41) is 7.69. The first kappa shape index (κ1) is 35.7. The second kappa shape index (κ2) is 14.3. The molecule has 0 spiro atoms. The van der Waals surface area contributed by atoms with Crippen LogP contribution in [0.25, 0.3) is 120 Å². The van der Waals surface area contributed by atoms with Gasteiger partial charge in [-0.1, -0.05) is 176 Å². The molecule has 0 fully saturated rings. The second-order valence-electron chi connectivity index (χ2n) is 16.4. The lowest BCUT2D eigenvalue weighted by atomic mass is 9.96. The van der Waals surface area contributed by atoms with Gasteiger partial charge in [0, 0.05) is 58.7 Å². The van der Waals surface area contributed by atoms with Gasteiger partial charge in [-0.15, -0.1) is 11.3 Å². The van der Waals surface area contributed by atoms with E-state index in [9.17, 15) is 0 Å². The Morgan fingerprint density at radius 1 is 0.254 bits per heavy atom. The van der Waals surface area contributed by atoms with Crippen LogP contribution in [0.2, 0.25) is 0 Å². The zero-order valence-corrected chi connectivity index (χ0v) is 35.1. The molecule has 0 radical (unpaired) electrons. The number of hydrogen-bond donors (Lipinski definition) is 0. The standard InChI is InChI=1S/C60H38N2S/c1-2-13-44(14-3-1)61-54-23-8-5-16-51(54)58-48(19-11-24-55(58)61)50-21-10-20-49-47-15-4-7-22-53(47)62(60(49)50)45-37-35-42(36-38-45)40-29-27-39(28-30-40)41-31-33-43(34-32-41)46-18-12-26-57-59(46)52-17-6-9-25-56(52)63-57/h1-38H. The molecule has 3 heteroatoms. The first-order valence-corrected chi connectivity index (χ1v) is 22.4. The van der Waals surface area contributed by atoms with E-state index in [4.69, 9.17) is 0 Å². The third-order valence-corrected chi connectivity index (χ3v) is 14.1. The molecule has 3 heterocycles. The van der Waals surface area contributed by atoms with Crippen LogP contribution < -0.4 is 0 Å². The Morgan fingerprint density at radius 3 is 1.46 bits per heavy atom. The average Bonchev–Trinajstić information content (AvgIpc) is 4.03. The van der Waals surface area contributed by atoms with Crippen LogP contribution in [0.1, 0.15) is 0 Å². The van der Waals surface area contributed by atoms with Crippen LogP contribution in [0.4, 0.5) is 0 Å². The van der Waals surface area contributed by atoms with Gasteiger partial charge in [0.2, 0.25) is 0 Å². The molecule has 13 aromatic rings. The van der Waals surface area contributed by atoms with Gasteiger partial charge in [0.15, 0.2) is 0 Å². The number of hydrogen-bond acceptors (Lipinski definition) is 1. The van der Waals surface area contributed by atoms with Crippen LogP contribution in [0.5, 0.6) is 0 Å². The third-order valence-electron chi connectivity index (χ3n) is 13.0. The summed E-state index contributed by atoms with van der Waals surface area (Å²) < 4.78 is 7.53. The lowest BCUT2D eigenvalue weighted by Crippen LogP contribution is -1.96. The van der Waals surface area contributed by atoms with Gasteiger partial charge in [-0.2, -0.15) is 0 Å². The van der Waals surface area contributed by atoms with Gasteiger partial charge in [-0.05, 0) is 93.5 Å². The third kappa shape index (κ3) is 5.64. The van der Waals surface area contributed by atoms with Crippen molar-refractivity contribution in [3.63, 3.8) is 0 Å². The SMILES string of the molecule is c1ccc(-n2c3ccccc3c3c(-c4cccc5c6ccccc6n(-c6ccc(-c7ccc(-c8ccc(-c9cccc%10sc%11ccccc%11c9%10)cc8)cc7)cc6)c45)cccc32)cc1. The summed E-state index contributed by atoms with van der Waals surface area (Å²) in [4.78, 5) is 0. The Bertz CT molecular complexity index is 3870. The number of aromatic nitrogens is 2. The molecule has 13 rings (SSSR count). The minimum absolute atomic E-state index is 1.14. The first-order valence-electron chi connectivity index (χ1n) is 21.6. The highest BCUT2D eigenvalue weighted by molar-refractivity contribution is 7.25. The molecular weight excluding hydrogens is 781 g/mol. The summed E-state index contributed by atoms with van der Waals surface area (Å²) in [6.45, 7) is 0. The molecule has 0 saturated carbocycles. The van der Waals surface area contributed by atoms with E-state index >= 15 is 0 Å². The van der Waals surface area contributed by atoms with Gasteiger partial charge >= 0.3 is 0 Å². The number of nitrogens with zero attached hydrogens (tertiary/aromatic N) is 2. The highest BCUT2D eigenvalue weighted by Crippen LogP contribution is 2.44. The maximum atomic E-state index is 2.47. The molecule has 0 aliphatic heterocycles. The van der Waals surface area contributed by atoms with E-state index in [1.807, 2.05) is 11.3 Å². The number of rotatable bonds is 6. The molecular formula is C60H38N2S. The van der Waals surface area contributed by atoms with E-state index in [2.05, 4.69) is 240 Å². The van der Waals surface area contributed by atoms with Gasteiger partial charge in [-0.3, -0.25) is 0 Å². The molecule has 0 atom stereocenters. The van der Waals surface area contributed by atoms with Crippen LogP contribution in [0.15, 0.2) is 231 Å². The smallest absolute Gasteiger partial charge is 0.0619 e. The lowest BCUT2D eigenvalue weighted by Gasteiger charge is -2.14. The van der Waals surface area contributed by atoms with Crippen LogP contribution in [-0.2, 0) is 0 Å². The van der Waals surface area contributed by atoms with E-state index in [0.29, 0.717) is 0 Å². The van der Waals surface area contributed by atoms with Crippen molar-refractivity contribution >= 4 is 75.1 Å². The Labute approximate surface area is 368 Å². The zero-order chi connectivity index (χ0) is 41.4. The second-order valence-corrected chi connectivity index (χ2v) is 17.5. The Morgan fingerprint density at radius 2 is 0.730 bits per heavy atom. The fourth-order valence-electron chi connectivity index (χ4n) is 10.1. The van der Waals surface area contributed by atoms with Gasteiger partial charge in [0.25, 0.3) is 0 Å². The molecule has 0 amide bonds. The highest BCUT2D eigenvalue weighted by atomic mass is 32.1. The molecule has 0 saturated heterocycles. The van der Waals surface area contributed by atoms with E-state index < -0.39 is 0 Å². The number of fused-ring (bicyclic) bond motifs is 9. The first-order chi connectivity index (χ1) is 31.3. The molecule has 0 N–H and O–H groups in total. The van der Waals surface area contributed by atoms with Crippen LogP contribution in [-0.4, -0.2) is 9.13 Å². The lowest BCUT2D eigenvalue weighted by molar-refractivity contribution is 1.18. The fraction of sp³-hybridized carbons (Fsp3) is 0. The van der Waals surface area contributed by atoms with Crippen molar-refractivity contribution in [2.45, 2.75) is 0 Å². The normalized spacial score (nSPS) is 11.8. The topological polar surface area (TPSA) is 9.86 Å². The molecule has 3 aromatic heterocycles. The number of para-hydroxylation sites is 4. The van der Waals surface area contributed by atoms with Crippen molar-refractivity contribution < 1.29 is 0 Å². The van der Waals surface area contributed by atoms with Crippen LogP contribution in [0.3, 0.4) is 0 Å². The summed E-state index contributed by atoms with van der Waals surface area (Å²) in [5.74, 6) is 0. The largest absolute Gasteiger partial charge is 0.309 e. The molecule has 0 aliphatic rings. The van der Waals surface area contributed by atoms with Gasteiger partial charge in [0.05, 0.1) is 22.1 Å². The molecule has 10 aromatic carbocycles. The monoisotopic (exact) mass is 818 g/mol. The molecule has 0 aliphatic carbocycles. The summed E-state index contributed by atoms with van der Waals surface area (Å²) in [6.07, 6.45) is 0. The predicted molar refractivity (Wildman–Crippen MR) is 270 cm³/mol. The van der Waals surface area contributed by atoms with E-state index in [1.54, 1.807) is 0 Å². The van der Waals surface area contributed by atoms with Crippen molar-refractivity contribution in [3.8, 4) is 55.9 Å². The van der Waals surface area contributed by atoms with Crippen molar-refractivity contribution in [2.24, 2.45) is 0 Å². The molecule has 2 nitrogen and oxygen atoms in total. The maximum Gasteiger partial charge on any atom is 0.0619 e. The number of thiophene rings is 1. The Hall–Kier alpha value is -7.98. The van der Waals surface area contributed by atoms with Crippen molar-refractivity contribution in [3.05, 3.63) is 231 Å². The summed E-state index contributed by atoms with van der Waals surface area (Å²) in [6, 6.07) is 84.5. The summed E-state index contributed by atoms with van der Waals surface area (Å²) in [5.41, 5.74) is 16.9. The van der Waals surface area contributed by atoms with Crippen molar-refractivity contribution in [1.29, 1.82) is 0 Å². The van der Waals surface area contributed by atoms with E-state index in [1.165, 1.54) is 108 Å². The van der Waals surface area contributed by atoms with E-state index in [0.717, 1.165) is 11.4 Å². The highest BCUT2D eigenvalue weighted by Gasteiger charge is 2.21. The van der Waals surface area contributed by atoms with Gasteiger partial charge < -0.3 is 9.13 Å². The fourth-order valence-corrected chi connectivity index (χ4v) is 11.3. The average molecular weight is 819 g/mol. The van der Waals surface area contributed by atoms with Crippen LogP contribution >= 0.6 is 11.3 Å². The number of benzene rings is 10. The Kier molecular flexibility index (Phi) is 8.12. The summed E-state index contributed by atoms with van der Waals surface area (Å²) in [7, 11) is 0. The molecule has 0 bridgehead atoms. The van der Waals surface area contributed by atoms with Gasteiger partial charge in [-0.25, -0.2) is 0 Å². The van der Waals surface area contributed by atoms with E-state index in [-0.39, 0.29) is 0 Å². The maximum absolute atomic E-state index is 2.47.